The highest BCUT2D eigenvalue weighted by Gasteiger charge is 2.20. The van der Waals surface area contributed by atoms with Gasteiger partial charge >= 0.3 is 0 Å². The Hall–Kier alpha value is -1.71. The molecule has 1 atom stereocenters. The number of aryl methyl sites for hydroxylation is 1. The number of nitrogens with zero attached hydrogens (tertiary/aromatic N) is 1. The second-order valence-corrected chi connectivity index (χ2v) is 4.70. The molecule has 0 unspecified atom stereocenters. The number of hydrogen-bond acceptors (Lipinski definition) is 3. The summed E-state index contributed by atoms with van der Waals surface area (Å²) < 4.78 is 0. The quantitative estimate of drug-likeness (QED) is 0.821. The lowest BCUT2D eigenvalue weighted by Crippen LogP contribution is -2.41. The van der Waals surface area contributed by atoms with Gasteiger partial charge in [-0.2, -0.15) is 0 Å². The fourth-order valence-corrected chi connectivity index (χ4v) is 1.92. The van der Waals surface area contributed by atoms with E-state index in [4.69, 9.17) is 0 Å². The highest BCUT2D eigenvalue weighted by molar-refractivity contribution is 5.96. The van der Waals surface area contributed by atoms with Crippen LogP contribution in [0.3, 0.4) is 0 Å². The van der Waals surface area contributed by atoms with Crippen molar-refractivity contribution in [1.82, 2.24) is 10.3 Å². The first-order chi connectivity index (χ1) is 9.08. The Morgan fingerprint density at radius 3 is 2.58 bits per heavy atom. The van der Waals surface area contributed by atoms with E-state index in [0.717, 1.165) is 18.5 Å². The summed E-state index contributed by atoms with van der Waals surface area (Å²) in [5, 5.41) is 2.80. The van der Waals surface area contributed by atoms with Gasteiger partial charge in [0, 0.05) is 12.1 Å². The molecule has 4 nitrogen and oxygen atoms in total. The van der Waals surface area contributed by atoms with E-state index in [9.17, 15) is 9.59 Å². The lowest BCUT2D eigenvalue weighted by molar-refractivity contribution is -0.121. The molecular weight excluding hydrogens is 240 g/mol. The first-order valence-electron chi connectivity index (χ1n) is 6.85. The molecule has 19 heavy (non-hydrogen) atoms. The minimum absolute atomic E-state index is 0.102. The Kier molecular flexibility index (Phi) is 6.19. The summed E-state index contributed by atoms with van der Waals surface area (Å²) in [6.45, 7) is 5.80. The molecule has 0 aromatic carbocycles. The molecule has 1 aromatic heterocycles. The van der Waals surface area contributed by atoms with Crippen LogP contribution < -0.4 is 5.32 Å². The number of pyridine rings is 1. The molecule has 0 bridgehead atoms. The van der Waals surface area contributed by atoms with Gasteiger partial charge in [0.2, 0.25) is 0 Å². The Bertz CT molecular complexity index is 444. The molecule has 0 saturated heterocycles. The fraction of sp³-hybridized carbons (Fsp3) is 0.533. The Balaban J connectivity index is 2.73. The molecule has 4 heteroatoms. The van der Waals surface area contributed by atoms with Crippen LogP contribution in [0.5, 0.6) is 0 Å². The zero-order valence-corrected chi connectivity index (χ0v) is 11.9. The number of rotatable bonds is 7. The summed E-state index contributed by atoms with van der Waals surface area (Å²) in [4.78, 5) is 28.2. The minimum Gasteiger partial charge on any atom is -0.341 e. The third-order valence-corrected chi connectivity index (χ3v) is 2.89. The summed E-state index contributed by atoms with van der Waals surface area (Å²) in [7, 11) is 0. The molecule has 0 aliphatic carbocycles. The number of hydrogen-bond donors (Lipinski definition) is 1. The van der Waals surface area contributed by atoms with Gasteiger partial charge in [-0.3, -0.25) is 9.59 Å². The van der Waals surface area contributed by atoms with E-state index < -0.39 is 0 Å². The van der Waals surface area contributed by atoms with Crippen LogP contribution in [0, 0.1) is 6.92 Å². The van der Waals surface area contributed by atoms with Crippen LogP contribution in [0.1, 0.15) is 55.7 Å². The molecule has 1 N–H and O–H groups in total. The van der Waals surface area contributed by atoms with Gasteiger partial charge in [-0.1, -0.05) is 26.3 Å². The van der Waals surface area contributed by atoms with E-state index in [1.165, 1.54) is 0 Å². The molecule has 0 aliphatic heterocycles. The number of nitrogens with one attached hydrogen (secondary N) is 1. The number of carbonyl (C=O) groups excluding carboxylic acids is 2. The van der Waals surface area contributed by atoms with Gasteiger partial charge in [-0.25, -0.2) is 4.98 Å². The van der Waals surface area contributed by atoms with Crippen LogP contribution in [0.4, 0.5) is 0 Å². The molecule has 0 aliphatic rings. The topological polar surface area (TPSA) is 59.1 Å². The lowest BCUT2D eigenvalue weighted by Gasteiger charge is -2.16. The molecule has 1 rings (SSSR count). The maximum Gasteiger partial charge on any atom is 0.270 e. The van der Waals surface area contributed by atoms with Crippen LogP contribution in [-0.2, 0) is 4.79 Å². The fourth-order valence-electron chi connectivity index (χ4n) is 1.92. The van der Waals surface area contributed by atoms with Crippen LogP contribution >= 0.6 is 0 Å². The van der Waals surface area contributed by atoms with E-state index in [1.807, 2.05) is 26.8 Å². The van der Waals surface area contributed by atoms with E-state index in [1.54, 1.807) is 12.1 Å². The lowest BCUT2D eigenvalue weighted by atomic mass is 10.0. The Morgan fingerprint density at radius 2 is 2.00 bits per heavy atom. The Labute approximate surface area is 114 Å². The predicted molar refractivity (Wildman–Crippen MR) is 75.1 cm³/mol. The maximum absolute atomic E-state index is 12.1. The average molecular weight is 262 g/mol. The SMILES string of the molecule is CCCC(=O)[C@H](CCC)NC(=O)c1cccc(C)n1. The highest BCUT2D eigenvalue weighted by Crippen LogP contribution is 2.05. The van der Waals surface area contributed by atoms with Crippen molar-refractivity contribution in [2.24, 2.45) is 0 Å². The second kappa shape index (κ2) is 7.67. The third-order valence-electron chi connectivity index (χ3n) is 2.89. The normalized spacial score (nSPS) is 11.9. The van der Waals surface area contributed by atoms with E-state index in [0.29, 0.717) is 18.5 Å². The zero-order valence-electron chi connectivity index (χ0n) is 11.9. The third kappa shape index (κ3) is 4.81. The zero-order chi connectivity index (χ0) is 14.3. The standard InChI is InChI=1S/C15H22N2O2/c1-4-7-12(14(18)8-5-2)17-15(19)13-10-6-9-11(3)16-13/h6,9-10,12H,4-5,7-8H2,1-3H3,(H,17,19)/t12-/m0/s1. The molecular formula is C15H22N2O2. The van der Waals surface area contributed by atoms with Gasteiger partial charge in [0.1, 0.15) is 5.69 Å². The van der Waals surface area contributed by atoms with Gasteiger partial charge in [0.05, 0.1) is 6.04 Å². The van der Waals surface area contributed by atoms with E-state index in [-0.39, 0.29) is 17.7 Å². The molecule has 0 fully saturated rings. The van der Waals surface area contributed by atoms with Crippen LogP contribution in [-0.4, -0.2) is 22.7 Å². The van der Waals surface area contributed by atoms with Crippen molar-refractivity contribution in [3.8, 4) is 0 Å². The van der Waals surface area contributed by atoms with Crippen molar-refractivity contribution in [1.29, 1.82) is 0 Å². The number of ketones is 1. The van der Waals surface area contributed by atoms with Gasteiger partial charge < -0.3 is 5.32 Å². The van der Waals surface area contributed by atoms with Crippen molar-refractivity contribution >= 4 is 11.7 Å². The van der Waals surface area contributed by atoms with Crippen molar-refractivity contribution in [2.45, 2.75) is 52.5 Å². The van der Waals surface area contributed by atoms with Crippen molar-refractivity contribution in [2.75, 3.05) is 0 Å². The van der Waals surface area contributed by atoms with Gasteiger partial charge in [-0.15, -0.1) is 0 Å². The largest absolute Gasteiger partial charge is 0.341 e. The number of aromatic nitrogens is 1. The first-order valence-corrected chi connectivity index (χ1v) is 6.85. The maximum atomic E-state index is 12.1. The first kappa shape index (κ1) is 15.3. The molecule has 104 valence electrons. The summed E-state index contributed by atoms with van der Waals surface area (Å²) in [6.07, 6.45) is 2.85. The smallest absolute Gasteiger partial charge is 0.270 e. The predicted octanol–water partition coefficient (Wildman–Crippen LogP) is 2.66. The molecule has 1 aromatic rings. The van der Waals surface area contributed by atoms with Gasteiger partial charge in [0.25, 0.3) is 5.91 Å². The van der Waals surface area contributed by atoms with Gasteiger partial charge in [-0.05, 0) is 31.9 Å². The summed E-state index contributed by atoms with van der Waals surface area (Å²) in [5.74, 6) is -0.169. The van der Waals surface area contributed by atoms with E-state index >= 15 is 0 Å². The van der Waals surface area contributed by atoms with E-state index in [2.05, 4.69) is 10.3 Å². The second-order valence-electron chi connectivity index (χ2n) is 4.70. The van der Waals surface area contributed by atoms with Crippen LogP contribution in [0.25, 0.3) is 0 Å². The van der Waals surface area contributed by atoms with Crippen molar-refractivity contribution in [3.05, 3.63) is 29.6 Å². The molecule has 0 spiro atoms. The Morgan fingerprint density at radius 1 is 1.26 bits per heavy atom. The van der Waals surface area contributed by atoms with Crippen molar-refractivity contribution in [3.63, 3.8) is 0 Å². The van der Waals surface area contributed by atoms with Crippen LogP contribution in [0.15, 0.2) is 18.2 Å². The number of amides is 1. The minimum atomic E-state index is -0.389. The molecule has 1 amide bonds. The summed E-state index contributed by atoms with van der Waals surface area (Å²) in [5.41, 5.74) is 1.16. The monoisotopic (exact) mass is 262 g/mol. The summed E-state index contributed by atoms with van der Waals surface area (Å²) in [6, 6.07) is 4.90. The molecule has 0 saturated carbocycles. The molecule has 0 radical (unpaired) electrons. The van der Waals surface area contributed by atoms with Gasteiger partial charge in [0.15, 0.2) is 5.78 Å². The highest BCUT2D eigenvalue weighted by atomic mass is 16.2. The number of Topliss-reactive ketones (excluding diaryl/α,β-unsaturated/α-hetero) is 1. The number of carbonyl (C=O) groups is 2. The molecule has 1 heterocycles. The summed E-state index contributed by atoms with van der Waals surface area (Å²) >= 11 is 0. The van der Waals surface area contributed by atoms with Crippen LogP contribution in [0.2, 0.25) is 0 Å². The average Bonchev–Trinajstić information content (AvgIpc) is 2.38. The van der Waals surface area contributed by atoms with Crippen molar-refractivity contribution < 1.29 is 9.59 Å².